The van der Waals surface area contributed by atoms with Gasteiger partial charge in [-0.25, -0.2) is 4.39 Å². The molecule has 0 radical (unpaired) electrons. The number of fused-ring (bicyclic) bond motifs is 1. The highest BCUT2D eigenvalue weighted by Gasteiger charge is 2.18. The minimum absolute atomic E-state index is 0.0100. The Kier molecular flexibility index (Phi) is 3.86. The maximum absolute atomic E-state index is 13.4. The smallest absolute Gasteiger partial charge is 0.292 e. The van der Waals surface area contributed by atoms with Crippen LogP contribution in [-0.2, 0) is 0 Å². The van der Waals surface area contributed by atoms with Crippen LogP contribution in [0.3, 0.4) is 0 Å². The molecule has 0 aliphatic carbocycles. The summed E-state index contributed by atoms with van der Waals surface area (Å²) in [6.07, 6.45) is 0. The van der Waals surface area contributed by atoms with Gasteiger partial charge < -0.3 is 5.32 Å². The second kappa shape index (κ2) is 5.83. The maximum Gasteiger partial charge on any atom is 0.292 e. The minimum Gasteiger partial charge on any atom is -0.340 e. The highest BCUT2D eigenvalue weighted by Crippen LogP contribution is 2.39. The number of benzene rings is 2. The first kappa shape index (κ1) is 15.2. The van der Waals surface area contributed by atoms with Crippen molar-refractivity contribution in [2.24, 2.45) is 0 Å². The van der Waals surface area contributed by atoms with Crippen molar-refractivity contribution < 1.29 is 9.31 Å². The number of nitrogens with one attached hydrogen (secondary N) is 1. The maximum atomic E-state index is 13.4. The van der Waals surface area contributed by atoms with Gasteiger partial charge in [-0.3, -0.25) is 10.1 Å². The van der Waals surface area contributed by atoms with E-state index in [9.17, 15) is 19.8 Å². The number of hydrogen-bond donors (Lipinski definition) is 1. The first-order chi connectivity index (χ1) is 11.0. The van der Waals surface area contributed by atoms with Crippen molar-refractivity contribution in [2.75, 3.05) is 5.32 Å². The molecule has 23 heavy (non-hydrogen) atoms. The van der Waals surface area contributed by atoms with Gasteiger partial charge in [0, 0.05) is 27.2 Å². The van der Waals surface area contributed by atoms with E-state index in [0.29, 0.717) is 21.0 Å². The van der Waals surface area contributed by atoms with Crippen molar-refractivity contribution in [2.45, 2.75) is 0 Å². The fourth-order valence-electron chi connectivity index (χ4n) is 2.16. The van der Waals surface area contributed by atoms with Gasteiger partial charge in [-0.2, -0.15) is 5.26 Å². The van der Waals surface area contributed by atoms with Crippen LogP contribution >= 0.6 is 22.9 Å². The van der Waals surface area contributed by atoms with Crippen LogP contribution in [0.2, 0.25) is 5.02 Å². The molecule has 5 nitrogen and oxygen atoms in total. The van der Waals surface area contributed by atoms with Gasteiger partial charge in [0.1, 0.15) is 22.6 Å². The number of halogens is 2. The molecule has 1 heterocycles. The van der Waals surface area contributed by atoms with Gasteiger partial charge in [-0.05, 0) is 18.2 Å². The van der Waals surface area contributed by atoms with E-state index in [0.717, 1.165) is 22.9 Å². The number of anilines is 2. The summed E-state index contributed by atoms with van der Waals surface area (Å²) in [6, 6.07) is 10.2. The molecule has 1 N–H and O–H groups in total. The summed E-state index contributed by atoms with van der Waals surface area (Å²) in [7, 11) is 0. The molecule has 114 valence electrons. The third-order valence-corrected chi connectivity index (χ3v) is 4.47. The van der Waals surface area contributed by atoms with Crippen LogP contribution in [0.1, 0.15) is 5.56 Å². The van der Waals surface area contributed by atoms with E-state index in [1.165, 1.54) is 11.3 Å². The Labute approximate surface area is 138 Å². The molecule has 3 rings (SSSR count). The molecule has 8 heteroatoms. The molecule has 0 saturated heterocycles. The monoisotopic (exact) mass is 347 g/mol. The van der Waals surface area contributed by atoms with Gasteiger partial charge in [-0.15, -0.1) is 11.3 Å². The zero-order valence-electron chi connectivity index (χ0n) is 11.3. The molecule has 0 spiro atoms. The lowest BCUT2D eigenvalue weighted by Gasteiger charge is -2.05. The molecule has 0 fully saturated rings. The normalized spacial score (nSPS) is 10.5. The van der Waals surface area contributed by atoms with Crippen molar-refractivity contribution in [3.8, 4) is 6.07 Å². The Hall–Kier alpha value is -2.69. The molecule has 3 aromatic rings. The summed E-state index contributed by atoms with van der Waals surface area (Å²) in [4.78, 5) is 10.4. The molecule has 0 bridgehead atoms. The topological polar surface area (TPSA) is 79.0 Å². The van der Waals surface area contributed by atoms with E-state index in [1.54, 1.807) is 18.2 Å². The lowest BCUT2D eigenvalue weighted by atomic mass is 10.2. The number of hydrogen-bond acceptors (Lipinski definition) is 5. The van der Waals surface area contributed by atoms with E-state index in [4.69, 9.17) is 11.6 Å². The largest absolute Gasteiger partial charge is 0.340 e. The lowest BCUT2D eigenvalue weighted by molar-refractivity contribution is -0.384. The third kappa shape index (κ3) is 2.82. The van der Waals surface area contributed by atoms with Crippen molar-refractivity contribution in [1.82, 2.24) is 0 Å². The van der Waals surface area contributed by atoms with E-state index in [2.05, 4.69) is 11.4 Å². The van der Waals surface area contributed by atoms with Crippen LogP contribution in [0.5, 0.6) is 0 Å². The number of nitro groups is 1. The van der Waals surface area contributed by atoms with Crippen molar-refractivity contribution in [3.63, 3.8) is 0 Å². The molecule has 0 unspecified atom stereocenters. The summed E-state index contributed by atoms with van der Waals surface area (Å²) in [5, 5.41) is 24.8. The Morgan fingerprint density at radius 3 is 2.78 bits per heavy atom. The van der Waals surface area contributed by atoms with Gasteiger partial charge in [0.05, 0.1) is 10.5 Å². The molecule has 0 aliphatic rings. The predicted molar refractivity (Wildman–Crippen MR) is 87.9 cm³/mol. The van der Waals surface area contributed by atoms with Crippen LogP contribution in [0.4, 0.5) is 20.8 Å². The highest BCUT2D eigenvalue weighted by atomic mass is 35.5. The summed E-state index contributed by atoms with van der Waals surface area (Å²) in [5.41, 5.74) is 0.0511. The third-order valence-electron chi connectivity index (χ3n) is 3.17. The molecule has 0 aliphatic heterocycles. The van der Waals surface area contributed by atoms with Gasteiger partial charge in [-0.1, -0.05) is 17.7 Å². The van der Waals surface area contributed by atoms with Crippen LogP contribution in [0.15, 0.2) is 36.4 Å². The standard InChI is InChI=1S/C15H7ClFN3O2S/c16-8-1-3-10-11(7-18)15(23-14(10)5-8)19-12-6-9(17)2-4-13(12)20(21)22/h1-6,19H. The lowest BCUT2D eigenvalue weighted by Crippen LogP contribution is -1.97. The summed E-state index contributed by atoms with van der Waals surface area (Å²) >= 11 is 7.16. The molecule has 0 atom stereocenters. The molecule has 0 saturated carbocycles. The first-order valence-corrected chi connectivity index (χ1v) is 7.52. The highest BCUT2D eigenvalue weighted by molar-refractivity contribution is 7.23. The van der Waals surface area contributed by atoms with Crippen LogP contribution in [0, 0.1) is 27.3 Å². The summed E-state index contributed by atoms with van der Waals surface area (Å²) in [5.74, 6) is -0.610. The van der Waals surface area contributed by atoms with Crippen molar-refractivity contribution in [1.29, 1.82) is 5.26 Å². The second-order valence-electron chi connectivity index (χ2n) is 4.60. The Balaban J connectivity index is 2.14. The first-order valence-electron chi connectivity index (χ1n) is 6.32. The zero-order chi connectivity index (χ0) is 16.6. The van der Waals surface area contributed by atoms with E-state index >= 15 is 0 Å². The second-order valence-corrected chi connectivity index (χ2v) is 6.09. The average Bonchev–Trinajstić information content (AvgIpc) is 2.82. The number of nitro benzene ring substituents is 1. The van der Waals surface area contributed by atoms with Gasteiger partial charge in [0.2, 0.25) is 0 Å². The fraction of sp³-hybridized carbons (Fsp3) is 0. The van der Waals surface area contributed by atoms with Crippen LogP contribution < -0.4 is 5.32 Å². The van der Waals surface area contributed by atoms with E-state index in [1.807, 2.05) is 0 Å². The molecular formula is C15H7ClFN3O2S. The van der Waals surface area contributed by atoms with Gasteiger partial charge >= 0.3 is 0 Å². The van der Waals surface area contributed by atoms with Crippen molar-refractivity contribution in [3.05, 3.63) is 62.9 Å². The molecular weight excluding hydrogens is 341 g/mol. The van der Waals surface area contributed by atoms with Gasteiger partial charge in [0.15, 0.2) is 0 Å². The number of rotatable bonds is 3. The fourth-order valence-corrected chi connectivity index (χ4v) is 3.50. The van der Waals surface area contributed by atoms with Crippen LogP contribution in [-0.4, -0.2) is 4.92 Å². The molecule has 2 aromatic carbocycles. The predicted octanol–water partition coefficient (Wildman–Crippen LogP) is 5.22. The summed E-state index contributed by atoms with van der Waals surface area (Å²) < 4.78 is 14.2. The molecule has 1 aromatic heterocycles. The quantitative estimate of drug-likeness (QED) is 0.520. The number of nitriles is 1. The van der Waals surface area contributed by atoms with E-state index < -0.39 is 10.7 Å². The summed E-state index contributed by atoms with van der Waals surface area (Å²) in [6.45, 7) is 0. The number of thiophene rings is 1. The minimum atomic E-state index is -0.613. The van der Waals surface area contributed by atoms with Crippen molar-refractivity contribution >= 4 is 49.4 Å². The SMILES string of the molecule is N#Cc1c(Nc2cc(F)ccc2[N+](=O)[O-])sc2cc(Cl)ccc12. The van der Waals surface area contributed by atoms with E-state index in [-0.39, 0.29) is 11.4 Å². The Morgan fingerprint density at radius 1 is 1.30 bits per heavy atom. The Morgan fingerprint density at radius 2 is 2.09 bits per heavy atom. The zero-order valence-corrected chi connectivity index (χ0v) is 12.9. The average molecular weight is 348 g/mol. The molecule has 0 amide bonds. The van der Waals surface area contributed by atoms with Gasteiger partial charge in [0.25, 0.3) is 5.69 Å². The number of nitrogens with zero attached hydrogens (tertiary/aromatic N) is 2. The Bertz CT molecular complexity index is 981. The van der Waals surface area contributed by atoms with Crippen LogP contribution in [0.25, 0.3) is 10.1 Å².